The quantitative estimate of drug-likeness (QED) is 0.115. The van der Waals surface area contributed by atoms with E-state index in [0.29, 0.717) is 48.7 Å². The van der Waals surface area contributed by atoms with Crippen molar-refractivity contribution >= 4 is 64.8 Å². The van der Waals surface area contributed by atoms with Crippen LogP contribution < -0.4 is 18.9 Å². The minimum Gasteiger partial charge on any atom is -0.493 e. The fourth-order valence-corrected chi connectivity index (χ4v) is 8.62. The monoisotopic (exact) mass is 698 g/mol. The molecule has 0 unspecified atom stereocenters. The Hall–Kier alpha value is -4.12. The predicted molar refractivity (Wildman–Crippen MR) is 175 cm³/mol. The van der Waals surface area contributed by atoms with Gasteiger partial charge in [-0.05, 0) is 71.8 Å². The molecule has 0 saturated carbocycles. The van der Waals surface area contributed by atoms with Crippen LogP contribution in [-0.4, -0.2) is 63.1 Å². The molecule has 6 rings (SSSR count). The lowest BCUT2D eigenvalue weighted by molar-refractivity contribution is 0.101. The first-order chi connectivity index (χ1) is 22.1. The van der Waals surface area contributed by atoms with Crippen LogP contribution in [0.2, 0.25) is 0 Å². The number of fused-ring (bicyclic) bond motifs is 2. The Morgan fingerprint density at radius 1 is 0.652 bits per heavy atom. The summed E-state index contributed by atoms with van der Waals surface area (Å²) in [5.74, 6) is 1.16. The van der Waals surface area contributed by atoms with Crippen molar-refractivity contribution < 1.29 is 35.9 Å². The van der Waals surface area contributed by atoms with Gasteiger partial charge in [0.05, 0.1) is 34.5 Å². The van der Waals surface area contributed by atoms with Gasteiger partial charge in [-0.2, -0.15) is 0 Å². The molecule has 2 aromatic carbocycles. The molecule has 0 aliphatic carbocycles. The fraction of sp³-hybridized carbons (Fsp3) is 0.200. The van der Waals surface area contributed by atoms with E-state index in [0.717, 1.165) is 11.1 Å². The molecule has 0 radical (unpaired) electrons. The van der Waals surface area contributed by atoms with Crippen LogP contribution in [-0.2, 0) is 32.9 Å². The van der Waals surface area contributed by atoms with Crippen LogP contribution in [0, 0.1) is 0 Å². The van der Waals surface area contributed by atoms with E-state index in [1.165, 1.54) is 70.4 Å². The summed E-state index contributed by atoms with van der Waals surface area (Å²) in [4.78, 5) is 33.6. The van der Waals surface area contributed by atoms with E-state index in [4.69, 9.17) is 9.47 Å². The first kappa shape index (κ1) is 31.8. The second-order valence-electron chi connectivity index (χ2n) is 10.2. The number of anilines is 2. The molecule has 0 fully saturated rings. The Labute approximate surface area is 273 Å². The smallest absolute Gasteiger partial charge is 0.263 e. The Kier molecular flexibility index (Phi) is 9.22. The number of ketones is 2. The van der Waals surface area contributed by atoms with Crippen molar-refractivity contribution in [3.05, 3.63) is 95.3 Å². The minimum absolute atomic E-state index is 0.0652. The highest BCUT2D eigenvalue weighted by molar-refractivity contribution is 8.77. The SMILES string of the molecule is O=C(CSSCC(=O)c1ccc(NS(=O)(=O)c2ccc3c(c2)CCO3)nc1)c1ccc(NS(=O)(=O)c2ccc3c(c2)CCO3)nc1. The van der Waals surface area contributed by atoms with E-state index in [-0.39, 0.29) is 44.5 Å². The maximum absolute atomic E-state index is 12.8. The zero-order valence-electron chi connectivity index (χ0n) is 24.0. The second-order valence-corrected chi connectivity index (χ2v) is 16.0. The molecule has 0 amide bonds. The summed E-state index contributed by atoms with van der Waals surface area (Å²) in [6.07, 6.45) is 3.88. The van der Waals surface area contributed by atoms with Gasteiger partial charge in [0.2, 0.25) is 0 Å². The number of pyridine rings is 2. The third-order valence-electron chi connectivity index (χ3n) is 7.05. The Balaban J connectivity index is 0.953. The van der Waals surface area contributed by atoms with Crippen LogP contribution in [0.15, 0.2) is 82.8 Å². The van der Waals surface area contributed by atoms with Crippen molar-refractivity contribution in [3.63, 3.8) is 0 Å². The van der Waals surface area contributed by atoms with Gasteiger partial charge in [-0.25, -0.2) is 26.8 Å². The zero-order valence-corrected chi connectivity index (χ0v) is 27.2. The highest BCUT2D eigenvalue weighted by Crippen LogP contribution is 2.30. The maximum Gasteiger partial charge on any atom is 0.263 e. The van der Waals surface area contributed by atoms with Crippen LogP contribution in [0.1, 0.15) is 31.8 Å². The highest BCUT2D eigenvalue weighted by Gasteiger charge is 2.22. The van der Waals surface area contributed by atoms with E-state index in [1.54, 1.807) is 24.3 Å². The summed E-state index contributed by atoms with van der Waals surface area (Å²) >= 11 is 0. The molecule has 0 bridgehead atoms. The van der Waals surface area contributed by atoms with Gasteiger partial charge in [-0.3, -0.25) is 19.0 Å². The average Bonchev–Trinajstić information content (AvgIpc) is 3.72. The number of benzene rings is 2. The third kappa shape index (κ3) is 7.30. The first-order valence-electron chi connectivity index (χ1n) is 13.9. The second kappa shape index (κ2) is 13.3. The topological polar surface area (TPSA) is 171 Å². The molecule has 46 heavy (non-hydrogen) atoms. The van der Waals surface area contributed by atoms with Crippen molar-refractivity contribution in [1.82, 2.24) is 9.97 Å². The van der Waals surface area contributed by atoms with Crippen LogP contribution >= 0.6 is 21.6 Å². The molecule has 12 nitrogen and oxygen atoms in total. The molecule has 16 heteroatoms. The lowest BCUT2D eigenvalue weighted by Gasteiger charge is -2.09. The summed E-state index contributed by atoms with van der Waals surface area (Å²) in [7, 11) is -5.36. The van der Waals surface area contributed by atoms with E-state index >= 15 is 0 Å². The van der Waals surface area contributed by atoms with Gasteiger partial charge >= 0.3 is 0 Å². The lowest BCUT2D eigenvalue weighted by atomic mass is 10.2. The van der Waals surface area contributed by atoms with Crippen molar-refractivity contribution in [3.8, 4) is 11.5 Å². The molecular formula is C30H26N4O8S4. The van der Waals surface area contributed by atoms with Gasteiger partial charge in [0, 0.05) is 36.4 Å². The molecule has 2 N–H and O–H groups in total. The molecule has 2 aromatic heterocycles. The Morgan fingerprint density at radius 2 is 1.09 bits per heavy atom. The van der Waals surface area contributed by atoms with E-state index in [2.05, 4.69) is 19.4 Å². The van der Waals surface area contributed by atoms with Crippen molar-refractivity contribution in [1.29, 1.82) is 0 Å². The van der Waals surface area contributed by atoms with Crippen molar-refractivity contribution in [2.75, 3.05) is 34.2 Å². The molecule has 0 spiro atoms. The van der Waals surface area contributed by atoms with Crippen LogP contribution in [0.25, 0.3) is 0 Å². The van der Waals surface area contributed by atoms with E-state index in [1.807, 2.05) is 0 Å². The normalized spacial score (nSPS) is 13.7. The number of ether oxygens (including phenoxy) is 2. The third-order valence-corrected chi connectivity index (χ3v) is 11.9. The zero-order chi connectivity index (χ0) is 32.3. The fourth-order valence-electron chi connectivity index (χ4n) is 4.65. The Bertz CT molecular complexity index is 1870. The molecule has 0 saturated heterocycles. The van der Waals surface area contributed by atoms with E-state index in [9.17, 15) is 26.4 Å². The summed E-state index contributed by atoms with van der Waals surface area (Å²) in [5, 5.41) is 0. The van der Waals surface area contributed by atoms with Crippen LogP contribution in [0.5, 0.6) is 11.5 Å². The number of carbonyl (C=O) groups excluding carboxylic acids is 2. The van der Waals surface area contributed by atoms with Gasteiger partial charge in [-0.1, -0.05) is 21.6 Å². The van der Waals surface area contributed by atoms with Gasteiger partial charge in [0.1, 0.15) is 23.1 Å². The van der Waals surface area contributed by atoms with Crippen molar-refractivity contribution in [2.45, 2.75) is 22.6 Å². The Morgan fingerprint density at radius 3 is 1.48 bits per heavy atom. The highest BCUT2D eigenvalue weighted by atomic mass is 33.1. The number of hydrogen-bond donors (Lipinski definition) is 2. The standard InChI is InChI=1S/C30H26N4O8S4/c35-25(21-1-7-29(31-15-21)33-45(37,38)23-3-5-27-19(13-23)9-11-41-27)17-43-44-18-26(36)22-2-8-30(32-16-22)34-46(39,40)24-4-6-28-20(14-24)10-12-42-28/h1-8,13-16H,9-12,17-18H2,(H,31,33)(H,32,34). The van der Waals surface area contributed by atoms with Crippen LogP contribution in [0.4, 0.5) is 11.6 Å². The number of rotatable bonds is 13. The van der Waals surface area contributed by atoms with Crippen LogP contribution in [0.3, 0.4) is 0 Å². The molecule has 2 aliphatic heterocycles. The largest absolute Gasteiger partial charge is 0.493 e. The lowest BCUT2D eigenvalue weighted by Crippen LogP contribution is -2.14. The maximum atomic E-state index is 12.8. The van der Waals surface area contributed by atoms with Crippen molar-refractivity contribution in [2.24, 2.45) is 0 Å². The number of carbonyl (C=O) groups is 2. The molecule has 4 aromatic rings. The van der Waals surface area contributed by atoms with Gasteiger partial charge in [0.15, 0.2) is 11.6 Å². The average molecular weight is 699 g/mol. The number of aromatic nitrogens is 2. The number of hydrogen-bond acceptors (Lipinski definition) is 12. The van der Waals surface area contributed by atoms with Gasteiger partial charge in [0.25, 0.3) is 20.0 Å². The molecular weight excluding hydrogens is 673 g/mol. The molecule has 238 valence electrons. The van der Waals surface area contributed by atoms with Gasteiger partial charge in [-0.15, -0.1) is 0 Å². The number of nitrogens with one attached hydrogen (secondary N) is 2. The predicted octanol–water partition coefficient (Wildman–Crippen LogP) is 4.40. The molecule has 0 atom stereocenters. The minimum atomic E-state index is -3.87. The summed E-state index contributed by atoms with van der Waals surface area (Å²) in [5.41, 5.74) is 2.25. The number of sulfonamides is 2. The molecule has 2 aliphatic rings. The molecule has 4 heterocycles. The summed E-state index contributed by atoms with van der Waals surface area (Å²) in [6, 6.07) is 15.1. The van der Waals surface area contributed by atoms with E-state index < -0.39 is 20.0 Å². The van der Waals surface area contributed by atoms with Gasteiger partial charge < -0.3 is 9.47 Å². The first-order valence-corrected chi connectivity index (χ1v) is 19.3. The number of nitrogens with zero attached hydrogens (tertiary/aromatic N) is 2. The summed E-state index contributed by atoms with van der Waals surface area (Å²) < 4.78 is 66.8. The number of Topliss-reactive ketones (excluding diaryl/α,β-unsaturated/α-hetero) is 2. The summed E-state index contributed by atoms with van der Waals surface area (Å²) in [6.45, 7) is 1.04.